The van der Waals surface area contributed by atoms with E-state index in [1.807, 2.05) is 30.3 Å². The zero-order chi connectivity index (χ0) is 24.4. The molecular formula is C24H22N8O3. The Labute approximate surface area is 200 Å². The number of tetrazole rings is 1. The molecule has 0 saturated heterocycles. The number of aromatic amines is 1. The summed E-state index contributed by atoms with van der Waals surface area (Å²) in [5.41, 5.74) is 1.16. The smallest absolute Gasteiger partial charge is 0.291 e. The first kappa shape index (κ1) is 22.2. The average Bonchev–Trinajstić information content (AvgIpc) is 3.48. The molecule has 3 heterocycles. The van der Waals surface area contributed by atoms with Crippen LogP contribution in [0, 0.1) is 11.8 Å². The highest BCUT2D eigenvalue weighted by Gasteiger charge is 2.29. The number of H-pyrrole nitrogens is 1. The summed E-state index contributed by atoms with van der Waals surface area (Å²) in [6.07, 6.45) is 0.528. The van der Waals surface area contributed by atoms with Crippen LogP contribution in [0.3, 0.4) is 0 Å². The summed E-state index contributed by atoms with van der Waals surface area (Å²) in [5.74, 6) is 6.76. The maximum absolute atomic E-state index is 12.9. The number of carbonyl (C=O) groups is 1. The van der Waals surface area contributed by atoms with E-state index in [2.05, 4.69) is 47.9 Å². The summed E-state index contributed by atoms with van der Waals surface area (Å²) < 4.78 is 7.44. The minimum atomic E-state index is -1.13. The summed E-state index contributed by atoms with van der Waals surface area (Å²) in [5, 5.41) is 31.6. The third kappa shape index (κ3) is 5.02. The highest BCUT2D eigenvalue weighted by molar-refractivity contribution is 5.90. The molecule has 0 saturated carbocycles. The van der Waals surface area contributed by atoms with Crippen LogP contribution < -0.4 is 10.1 Å². The number of amides is 1. The summed E-state index contributed by atoms with van der Waals surface area (Å²) in [7, 11) is 0. The largest absolute Gasteiger partial charge is 0.489 e. The van der Waals surface area contributed by atoms with Gasteiger partial charge in [-0.2, -0.15) is 4.68 Å². The van der Waals surface area contributed by atoms with Gasteiger partial charge in [-0.3, -0.25) is 9.89 Å². The van der Waals surface area contributed by atoms with E-state index in [-0.39, 0.29) is 12.4 Å². The molecule has 11 nitrogen and oxygen atoms in total. The molecule has 2 aromatic carbocycles. The van der Waals surface area contributed by atoms with Gasteiger partial charge in [-0.1, -0.05) is 42.2 Å². The quantitative estimate of drug-likeness (QED) is 0.379. The molecule has 1 aliphatic rings. The second kappa shape index (κ2) is 9.00. The fourth-order valence-electron chi connectivity index (χ4n) is 3.53. The molecule has 5 rings (SSSR count). The van der Waals surface area contributed by atoms with Gasteiger partial charge in [0.15, 0.2) is 5.82 Å². The van der Waals surface area contributed by atoms with E-state index in [1.165, 1.54) is 4.68 Å². The number of ether oxygens (including phenoxy) is 1. The average molecular weight is 470 g/mol. The molecular weight excluding hydrogens is 448 g/mol. The van der Waals surface area contributed by atoms with Crippen LogP contribution >= 0.6 is 0 Å². The lowest BCUT2D eigenvalue weighted by Gasteiger charge is -2.13. The molecule has 0 spiro atoms. The summed E-state index contributed by atoms with van der Waals surface area (Å²) in [6.45, 7) is 3.32. The first-order valence-corrected chi connectivity index (χ1v) is 10.9. The molecule has 35 heavy (non-hydrogen) atoms. The monoisotopic (exact) mass is 470 g/mol. The van der Waals surface area contributed by atoms with E-state index in [9.17, 15) is 9.90 Å². The van der Waals surface area contributed by atoms with Crippen LogP contribution in [-0.2, 0) is 6.42 Å². The van der Waals surface area contributed by atoms with E-state index in [1.54, 1.807) is 32.0 Å². The molecule has 1 amide bonds. The van der Waals surface area contributed by atoms with Crippen molar-refractivity contribution in [2.75, 3.05) is 6.61 Å². The zero-order valence-electron chi connectivity index (χ0n) is 19.1. The first-order chi connectivity index (χ1) is 16.9. The lowest BCUT2D eigenvalue weighted by Crippen LogP contribution is -2.34. The molecule has 176 valence electrons. The van der Waals surface area contributed by atoms with Crippen LogP contribution in [0.4, 0.5) is 0 Å². The Kier molecular flexibility index (Phi) is 5.72. The summed E-state index contributed by atoms with van der Waals surface area (Å²) in [4.78, 5) is 17.2. The van der Waals surface area contributed by atoms with Gasteiger partial charge in [0.25, 0.3) is 5.91 Å². The minimum Gasteiger partial charge on any atom is -0.489 e. The second-order valence-corrected chi connectivity index (χ2v) is 8.55. The highest BCUT2D eigenvalue weighted by atomic mass is 16.5. The van der Waals surface area contributed by atoms with Gasteiger partial charge in [0.2, 0.25) is 5.82 Å². The molecule has 1 atom stereocenters. The molecule has 11 heteroatoms. The zero-order valence-corrected chi connectivity index (χ0v) is 19.1. The van der Waals surface area contributed by atoms with Crippen LogP contribution in [-0.4, -0.2) is 58.6 Å². The number of aliphatic hydroxyl groups is 1. The van der Waals surface area contributed by atoms with E-state index < -0.39 is 17.6 Å². The molecule has 3 N–H and O–H groups in total. The normalized spacial score (nSPS) is 14.5. The Morgan fingerprint density at radius 3 is 2.91 bits per heavy atom. The Bertz CT molecular complexity index is 1430. The molecule has 0 radical (unpaired) electrons. The van der Waals surface area contributed by atoms with Crippen LogP contribution in [0.1, 0.15) is 53.3 Å². The van der Waals surface area contributed by atoms with Crippen molar-refractivity contribution < 1.29 is 14.6 Å². The number of nitrogens with one attached hydrogen (secondary N) is 2. The number of nitrogens with zero attached hydrogens (tertiary/aromatic N) is 6. The van der Waals surface area contributed by atoms with E-state index in [4.69, 9.17) is 4.74 Å². The SMILES string of the molecule is CC(C)(O)C#Cc1ccc2c(c1)-n1nnnc1[C@@H](NC(=O)c1n[nH]c(Cc3ccccc3)n1)CO2. The van der Waals surface area contributed by atoms with Crippen LogP contribution in [0.25, 0.3) is 5.69 Å². The number of carbonyl (C=O) groups excluding carboxylic acids is 1. The first-order valence-electron chi connectivity index (χ1n) is 10.9. The van der Waals surface area contributed by atoms with Crippen molar-refractivity contribution in [2.45, 2.75) is 31.9 Å². The number of hydrogen-bond donors (Lipinski definition) is 3. The molecule has 4 aromatic rings. The van der Waals surface area contributed by atoms with Crippen LogP contribution in [0.5, 0.6) is 5.75 Å². The maximum atomic E-state index is 12.9. The van der Waals surface area contributed by atoms with Gasteiger partial charge >= 0.3 is 0 Å². The van der Waals surface area contributed by atoms with Gasteiger partial charge in [-0.05, 0) is 48.0 Å². The van der Waals surface area contributed by atoms with Crippen molar-refractivity contribution in [3.05, 3.63) is 77.1 Å². The van der Waals surface area contributed by atoms with Gasteiger partial charge in [0.05, 0.1) is 0 Å². The van der Waals surface area contributed by atoms with Crippen LogP contribution in [0.2, 0.25) is 0 Å². The maximum Gasteiger partial charge on any atom is 0.291 e. The molecule has 0 aliphatic carbocycles. The third-order valence-corrected chi connectivity index (χ3v) is 5.17. The number of rotatable bonds is 4. The molecule has 0 bridgehead atoms. The van der Waals surface area contributed by atoms with Crippen molar-refractivity contribution in [2.24, 2.45) is 0 Å². The lowest BCUT2D eigenvalue weighted by atomic mass is 10.1. The number of benzene rings is 2. The van der Waals surface area contributed by atoms with Gasteiger partial charge in [0.1, 0.15) is 35.5 Å². The van der Waals surface area contributed by atoms with Gasteiger partial charge in [-0.15, -0.1) is 10.2 Å². The number of aromatic nitrogens is 7. The van der Waals surface area contributed by atoms with Crippen molar-refractivity contribution in [1.29, 1.82) is 0 Å². The third-order valence-electron chi connectivity index (χ3n) is 5.17. The highest BCUT2D eigenvalue weighted by Crippen LogP contribution is 2.30. The van der Waals surface area contributed by atoms with Crippen molar-refractivity contribution >= 4 is 5.91 Å². The predicted molar refractivity (Wildman–Crippen MR) is 124 cm³/mol. The summed E-state index contributed by atoms with van der Waals surface area (Å²) >= 11 is 0. The fraction of sp³-hybridized carbons (Fsp3) is 0.250. The van der Waals surface area contributed by atoms with Crippen molar-refractivity contribution in [1.82, 2.24) is 40.7 Å². The summed E-state index contributed by atoms with van der Waals surface area (Å²) in [6, 6.07) is 14.4. The molecule has 2 aromatic heterocycles. The van der Waals surface area contributed by atoms with Gasteiger partial charge in [0, 0.05) is 12.0 Å². The predicted octanol–water partition coefficient (Wildman–Crippen LogP) is 1.36. The van der Waals surface area contributed by atoms with E-state index in [0.29, 0.717) is 35.1 Å². The van der Waals surface area contributed by atoms with E-state index in [0.717, 1.165) is 5.56 Å². The molecule has 0 fully saturated rings. The molecule has 0 unspecified atom stereocenters. The Morgan fingerprint density at radius 2 is 2.11 bits per heavy atom. The lowest BCUT2D eigenvalue weighted by molar-refractivity contribution is 0.0909. The van der Waals surface area contributed by atoms with Crippen LogP contribution in [0.15, 0.2) is 48.5 Å². The minimum absolute atomic E-state index is 0.0147. The van der Waals surface area contributed by atoms with E-state index >= 15 is 0 Å². The standard InChI is InChI=1S/C24H22N8O3/c1-24(2,34)11-10-16-8-9-19-18(12-16)32-22(29-30-31-32)17(14-35-19)25-23(33)21-26-20(27-28-21)13-15-6-4-3-5-7-15/h3-9,12,17,34H,13-14H2,1-2H3,(H,25,33)(H,26,27,28)/t17-/m0/s1. The Morgan fingerprint density at radius 1 is 1.29 bits per heavy atom. The second-order valence-electron chi connectivity index (χ2n) is 8.55. The van der Waals surface area contributed by atoms with Crippen molar-refractivity contribution in [3.8, 4) is 23.3 Å². The molecule has 1 aliphatic heterocycles. The number of hydrogen-bond acceptors (Lipinski definition) is 8. The van der Waals surface area contributed by atoms with Crippen molar-refractivity contribution in [3.63, 3.8) is 0 Å². The number of fused-ring (bicyclic) bond motifs is 3. The Hall–Kier alpha value is -4.56. The van der Waals surface area contributed by atoms with Gasteiger partial charge in [-0.25, -0.2) is 4.98 Å². The topological polar surface area (TPSA) is 144 Å². The fourth-order valence-corrected chi connectivity index (χ4v) is 3.53. The Balaban J connectivity index is 1.35. The van der Waals surface area contributed by atoms with Gasteiger partial charge < -0.3 is 15.2 Å².